The highest BCUT2D eigenvalue weighted by Gasteiger charge is 2.26. The Morgan fingerprint density at radius 1 is 1.18 bits per heavy atom. The molecule has 1 fully saturated rings. The van der Waals surface area contributed by atoms with E-state index in [0.717, 1.165) is 43.1 Å². The van der Waals surface area contributed by atoms with Gasteiger partial charge in [-0.2, -0.15) is 0 Å². The number of aryl methyl sites for hydroxylation is 1. The number of halogens is 2. The maximum absolute atomic E-state index is 13.2. The Hall–Kier alpha value is -2.41. The summed E-state index contributed by atoms with van der Waals surface area (Å²) in [7, 11) is 3.90. The van der Waals surface area contributed by atoms with Crippen molar-refractivity contribution in [1.29, 1.82) is 0 Å². The van der Waals surface area contributed by atoms with Gasteiger partial charge >= 0.3 is 0 Å². The van der Waals surface area contributed by atoms with Gasteiger partial charge in [-0.15, -0.1) is 0 Å². The molecule has 0 radical (unpaired) electrons. The van der Waals surface area contributed by atoms with Crippen molar-refractivity contribution in [3.05, 3.63) is 40.9 Å². The third kappa shape index (κ3) is 5.10. The number of rotatable bonds is 5. The summed E-state index contributed by atoms with van der Waals surface area (Å²) in [5.41, 5.74) is 0.518. The quantitative estimate of drug-likeness (QED) is 0.778. The van der Waals surface area contributed by atoms with Crippen molar-refractivity contribution >= 4 is 34.8 Å². The van der Waals surface area contributed by atoms with Crippen LogP contribution >= 0.6 is 11.6 Å². The van der Waals surface area contributed by atoms with E-state index < -0.39 is 5.82 Å². The van der Waals surface area contributed by atoms with Gasteiger partial charge in [0.1, 0.15) is 23.3 Å². The number of carbonyl (C=O) groups is 1. The molecule has 3 rings (SSSR count). The molecule has 150 valence electrons. The third-order valence-corrected chi connectivity index (χ3v) is 5.21. The van der Waals surface area contributed by atoms with Crippen molar-refractivity contribution < 1.29 is 9.18 Å². The van der Waals surface area contributed by atoms with Crippen LogP contribution in [0.1, 0.15) is 31.5 Å². The van der Waals surface area contributed by atoms with E-state index in [1.807, 2.05) is 32.0 Å². The zero-order chi connectivity index (χ0) is 20.3. The Balaban J connectivity index is 1.54. The molecule has 1 amide bonds. The summed E-state index contributed by atoms with van der Waals surface area (Å²) in [6.07, 6.45) is 3.32. The van der Waals surface area contributed by atoms with Crippen LogP contribution in [0, 0.1) is 18.7 Å². The molecular weight excluding hydrogens is 381 g/mol. The topological polar surface area (TPSA) is 70.2 Å². The standard InChI is InChI=1S/C20H25ClFN5O/c1-12-23-18(11-19(24-12)27(2)3)25-14-6-4-13(5-7-14)20(28)26-15-8-9-17(22)16(21)10-15/h8-11,13-14H,4-7H2,1-3H3,(H,26,28)(H,23,24,25). The summed E-state index contributed by atoms with van der Waals surface area (Å²) in [5, 5.41) is 6.31. The number of anilines is 3. The zero-order valence-corrected chi connectivity index (χ0v) is 17.1. The number of carbonyl (C=O) groups excluding carboxylic acids is 1. The van der Waals surface area contributed by atoms with Gasteiger partial charge in [0, 0.05) is 37.8 Å². The maximum Gasteiger partial charge on any atom is 0.227 e. The van der Waals surface area contributed by atoms with Gasteiger partial charge in [-0.25, -0.2) is 14.4 Å². The highest BCUT2D eigenvalue weighted by molar-refractivity contribution is 6.31. The lowest BCUT2D eigenvalue weighted by Crippen LogP contribution is -2.32. The fourth-order valence-corrected chi connectivity index (χ4v) is 3.56. The van der Waals surface area contributed by atoms with E-state index in [1.165, 1.54) is 18.2 Å². The van der Waals surface area contributed by atoms with Gasteiger partial charge in [-0.3, -0.25) is 4.79 Å². The van der Waals surface area contributed by atoms with Gasteiger partial charge in [-0.1, -0.05) is 11.6 Å². The molecule has 1 aromatic heterocycles. The molecule has 1 heterocycles. The molecule has 0 bridgehead atoms. The van der Waals surface area contributed by atoms with Crippen LogP contribution < -0.4 is 15.5 Å². The predicted octanol–water partition coefficient (Wildman–Crippen LogP) is 4.25. The normalized spacial score (nSPS) is 19.2. The fraction of sp³-hybridized carbons (Fsp3) is 0.450. The first kappa shape index (κ1) is 20.3. The van der Waals surface area contributed by atoms with Gasteiger partial charge < -0.3 is 15.5 Å². The molecular formula is C20H25ClFN5O. The molecule has 0 unspecified atom stereocenters. The molecule has 0 spiro atoms. The summed E-state index contributed by atoms with van der Waals surface area (Å²) < 4.78 is 13.2. The minimum Gasteiger partial charge on any atom is -0.367 e. The number of amides is 1. The van der Waals surface area contributed by atoms with Crippen molar-refractivity contribution in [1.82, 2.24) is 9.97 Å². The molecule has 2 aromatic rings. The summed E-state index contributed by atoms with van der Waals surface area (Å²) in [6, 6.07) is 6.41. The first-order valence-corrected chi connectivity index (χ1v) is 9.75. The lowest BCUT2D eigenvalue weighted by molar-refractivity contribution is -0.120. The number of nitrogens with zero attached hydrogens (tertiary/aromatic N) is 3. The van der Waals surface area contributed by atoms with Crippen LogP contribution in [-0.2, 0) is 4.79 Å². The average molecular weight is 406 g/mol. The van der Waals surface area contributed by atoms with Gasteiger partial charge in [0.15, 0.2) is 0 Å². The van der Waals surface area contributed by atoms with Crippen molar-refractivity contribution in [2.24, 2.45) is 5.92 Å². The van der Waals surface area contributed by atoms with Crippen molar-refractivity contribution in [3.63, 3.8) is 0 Å². The molecule has 1 aliphatic rings. The number of nitrogens with one attached hydrogen (secondary N) is 2. The minimum atomic E-state index is -0.497. The second-order valence-electron chi connectivity index (χ2n) is 7.36. The van der Waals surface area contributed by atoms with Crippen LogP contribution in [0.5, 0.6) is 0 Å². The van der Waals surface area contributed by atoms with Crippen molar-refractivity contribution in [3.8, 4) is 0 Å². The summed E-state index contributed by atoms with van der Waals surface area (Å²) in [6.45, 7) is 1.88. The summed E-state index contributed by atoms with van der Waals surface area (Å²) in [5.74, 6) is 1.79. The Morgan fingerprint density at radius 3 is 2.54 bits per heavy atom. The molecule has 0 saturated heterocycles. The number of benzene rings is 1. The van der Waals surface area contributed by atoms with E-state index in [9.17, 15) is 9.18 Å². The Kier molecular flexibility index (Phi) is 6.34. The average Bonchev–Trinajstić information content (AvgIpc) is 2.65. The van der Waals surface area contributed by atoms with E-state index in [0.29, 0.717) is 5.69 Å². The van der Waals surface area contributed by atoms with Crippen LogP contribution in [-0.4, -0.2) is 36.0 Å². The van der Waals surface area contributed by atoms with Crippen molar-refractivity contribution in [2.75, 3.05) is 29.6 Å². The first-order chi connectivity index (χ1) is 13.3. The zero-order valence-electron chi connectivity index (χ0n) is 16.3. The number of hydrogen-bond donors (Lipinski definition) is 2. The smallest absolute Gasteiger partial charge is 0.227 e. The van der Waals surface area contributed by atoms with Crippen LogP contribution in [0.2, 0.25) is 5.02 Å². The molecule has 1 aliphatic carbocycles. The Bertz CT molecular complexity index is 852. The lowest BCUT2D eigenvalue weighted by Gasteiger charge is -2.29. The highest BCUT2D eigenvalue weighted by Crippen LogP contribution is 2.28. The first-order valence-electron chi connectivity index (χ1n) is 9.37. The van der Waals surface area contributed by atoms with Gasteiger partial charge in [0.2, 0.25) is 5.91 Å². The van der Waals surface area contributed by atoms with E-state index in [-0.39, 0.29) is 22.9 Å². The molecule has 2 N–H and O–H groups in total. The largest absolute Gasteiger partial charge is 0.367 e. The van der Waals surface area contributed by atoms with Gasteiger partial charge in [-0.05, 0) is 50.8 Å². The monoisotopic (exact) mass is 405 g/mol. The molecule has 28 heavy (non-hydrogen) atoms. The van der Waals surface area contributed by atoms with Crippen LogP contribution in [0.4, 0.5) is 21.7 Å². The number of aromatic nitrogens is 2. The van der Waals surface area contributed by atoms with Crippen LogP contribution in [0.3, 0.4) is 0 Å². The van der Waals surface area contributed by atoms with Crippen LogP contribution in [0.15, 0.2) is 24.3 Å². The van der Waals surface area contributed by atoms with E-state index in [1.54, 1.807) is 0 Å². The lowest BCUT2D eigenvalue weighted by atomic mass is 9.85. The highest BCUT2D eigenvalue weighted by atomic mass is 35.5. The number of hydrogen-bond acceptors (Lipinski definition) is 5. The molecule has 8 heteroatoms. The van der Waals surface area contributed by atoms with E-state index in [2.05, 4.69) is 20.6 Å². The molecule has 0 aliphatic heterocycles. The second kappa shape index (κ2) is 8.73. The second-order valence-corrected chi connectivity index (χ2v) is 7.77. The Labute approximate surface area is 169 Å². The minimum absolute atomic E-state index is 0.00273. The fourth-order valence-electron chi connectivity index (χ4n) is 3.38. The van der Waals surface area contributed by atoms with Gasteiger partial charge in [0.05, 0.1) is 5.02 Å². The molecule has 1 aromatic carbocycles. The van der Waals surface area contributed by atoms with E-state index >= 15 is 0 Å². The van der Waals surface area contributed by atoms with E-state index in [4.69, 9.17) is 11.6 Å². The van der Waals surface area contributed by atoms with Crippen LogP contribution in [0.25, 0.3) is 0 Å². The predicted molar refractivity (Wildman–Crippen MR) is 111 cm³/mol. The summed E-state index contributed by atoms with van der Waals surface area (Å²) >= 11 is 5.77. The van der Waals surface area contributed by atoms with Gasteiger partial charge in [0.25, 0.3) is 0 Å². The molecule has 6 nitrogen and oxygen atoms in total. The SMILES string of the molecule is Cc1nc(NC2CCC(C(=O)Nc3ccc(F)c(Cl)c3)CC2)cc(N(C)C)n1. The summed E-state index contributed by atoms with van der Waals surface area (Å²) in [4.78, 5) is 23.3. The third-order valence-electron chi connectivity index (χ3n) is 4.92. The molecule has 0 atom stereocenters. The van der Waals surface area contributed by atoms with Crippen molar-refractivity contribution in [2.45, 2.75) is 38.6 Å². The maximum atomic E-state index is 13.2. The Morgan fingerprint density at radius 2 is 1.89 bits per heavy atom. The molecule has 1 saturated carbocycles.